The zero-order chi connectivity index (χ0) is 8.10. The van der Waals surface area contributed by atoms with Crippen LogP contribution in [0.2, 0.25) is 0 Å². The lowest BCUT2D eigenvalue weighted by molar-refractivity contribution is 0.277. The van der Waals surface area contributed by atoms with Crippen LogP contribution in [0.1, 0.15) is 10.7 Å². The zero-order valence-electron chi connectivity index (χ0n) is 5.83. The molecule has 60 valence electrons. The van der Waals surface area contributed by atoms with Crippen molar-refractivity contribution in [1.82, 2.24) is 4.98 Å². The van der Waals surface area contributed by atoms with Crippen LogP contribution in [-0.2, 0) is 6.61 Å². The topological polar surface area (TPSA) is 33.1 Å². The van der Waals surface area contributed by atoms with Gasteiger partial charge in [-0.15, -0.1) is 22.9 Å². The Labute approximate surface area is 74.2 Å². The maximum Gasteiger partial charge on any atom is 0.116 e. The fraction of sp³-hybridized carbons (Fsp3) is 0.286. The molecular formula is C7H8ClNOS. The van der Waals surface area contributed by atoms with Crippen LogP contribution >= 0.6 is 22.9 Å². The predicted molar refractivity (Wildman–Crippen MR) is 47.8 cm³/mol. The Morgan fingerprint density at radius 1 is 1.73 bits per heavy atom. The first-order valence-corrected chi connectivity index (χ1v) is 4.56. The van der Waals surface area contributed by atoms with Crippen molar-refractivity contribution in [3.63, 3.8) is 0 Å². The molecule has 0 aromatic carbocycles. The predicted octanol–water partition coefficient (Wildman–Crippen LogP) is 1.89. The van der Waals surface area contributed by atoms with Crippen molar-refractivity contribution in [2.75, 3.05) is 5.88 Å². The number of hydrogen-bond acceptors (Lipinski definition) is 3. The maximum absolute atomic E-state index is 8.67. The third kappa shape index (κ3) is 2.61. The fourth-order valence-electron chi connectivity index (χ4n) is 0.617. The molecule has 0 bridgehead atoms. The lowest BCUT2D eigenvalue weighted by Gasteiger charge is -1.82. The second kappa shape index (κ2) is 4.49. The Balaban J connectivity index is 2.65. The molecule has 0 aliphatic heterocycles. The van der Waals surface area contributed by atoms with E-state index in [2.05, 4.69) is 4.98 Å². The van der Waals surface area contributed by atoms with E-state index in [1.165, 1.54) is 11.3 Å². The highest BCUT2D eigenvalue weighted by molar-refractivity contribution is 7.10. The molecule has 1 rings (SSSR count). The summed E-state index contributed by atoms with van der Waals surface area (Å²) in [6.45, 7) is 0.00517. The van der Waals surface area contributed by atoms with E-state index >= 15 is 0 Å². The molecule has 0 atom stereocenters. The van der Waals surface area contributed by atoms with Crippen LogP contribution in [0.3, 0.4) is 0 Å². The van der Waals surface area contributed by atoms with Gasteiger partial charge in [-0.1, -0.05) is 6.08 Å². The average molecular weight is 190 g/mol. The molecule has 1 heterocycles. The van der Waals surface area contributed by atoms with Crippen LogP contribution in [0.25, 0.3) is 6.08 Å². The van der Waals surface area contributed by atoms with Gasteiger partial charge in [-0.2, -0.15) is 0 Å². The Morgan fingerprint density at radius 3 is 3.09 bits per heavy atom. The van der Waals surface area contributed by atoms with Gasteiger partial charge in [0.2, 0.25) is 0 Å². The summed E-state index contributed by atoms with van der Waals surface area (Å²) < 4.78 is 0. The molecule has 0 aliphatic rings. The lowest BCUT2D eigenvalue weighted by atomic mass is 10.5. The van der Waals surface area contributed by atoms with Gasteiger partial charge in [-0.25, -0.2) is 4.98 Å². The molecule has 1 aromatic rings. The van der Waals surface area contributed by atoms with Crippen molar-refractivity contribution in [2.45, 2.75) is 6.61 Å². The van der Waals surface area contributed by atoms with Crippen LogP contribution in [0.5, 0.6) is 0 Å². The number of aliphatic hydroxyl groups excluding tert-OH is 1. The number of hydrogen-bond donors (Lipinski definition) is 1. The molecule has 0 saturated heterocycles. The molecule has 11 heavy (non-hydrogen) atoms. The van der Waals surface area contributed by atoms with Crippen LogP contribution in [0.4, 0.5) is 0 Å². The molecular weight excluding hydrogens is 182 g/mol. The van der Waals surface area contributed by atoms with Crippen LogP contribution < -0.4 is 0 Å². The van der Waals surface area contributed by atoms with E-state index in [9.17, 15) is 0 Å². The van der Waals surface area contributed by atoms with Gasteiger partial charge in [0.15, 0.2) is 0 Å². The van der Waals surface area contributed by atoms with Gasteiger partial charge in [0.05, 0.1) is 12.3 Å². The number of allylic oxidation sites excluding steroid dienone is 1. The fourth-order valence-corrected chi connectivity index (χ4v) is 1.44. The second-order valence-corrected chi connectivity index (χ2v) is 3.09. The van der Waals surface area contributed by atoms with E-state index in [1.54, 1.807) is 0 Å². The SMILES string of the molecule is OCc1csc(C=CCCl)n1. The van der Waals surface area contributed by atoms with E-state index in [4.69, 9.17) is 16.7 Å². The summed E-state index contributed by atoms with van der Waals surface area (Å²) in [6, 6.07) is 0. The van der Waals surface area contributed by atoms with Crippen LogP contribution in [-0.4, -0.2) is 16.0 Å². The van der Waals surface area contributed by atoms with Gasteiger partial charge in [0.25, 0.3) is 0 Å². The smallest absolute Gasteiger partial charge is 0.116 e. The maximum atomic E-state index is 8.67. The van der Waals surface area contributed by atoms with Gasteiger partial charge < -0.3 is 5.11 Å². The second-order valence-electron chi connectivity index (χ2n) is 1.89. The first-order chi connectivity index (χ1) is 5.36. The van der Waals surface area contributed by atoms with Gasteiger partial charge in [0, 0.05) is 11.3 Å². The number of aliphatic hydroxyl groups is 1. The molecule has 0 saturated carbocycles. The highest BCUT2D eigenvalue weighted by atomic mass is 35.5. The number of nitrogens with zero attached hydrogens (tertiary/aromatic N) is 1. The number of halogens is 1. The summed E-state index contributed by atoms with van der Waals surface area (Å²) in [7, 11) is 0. The van der Waals surface area contributed by atoms with Crippen LogP contribution in [0, 0.1) is 0 Å². The monoisotopic (exact) mass is 189 g/mol. The van der Waals surface area contributed by atoms with E-state index in [0.29, 0.717) is 11.6 Å². The molecule has 2 nitrogen and oxygen atoms in total. The molecule has 0 aliphatic carbocycles. The van der Waals surface area contributed by atoms with Crippen molar-refractivity contribution in [1.29, 1.82) is 0 Å². The Kier molecular flexibility index (Phi) is 3.56. The highest BCUT2D eigenvalue weighted by Crippen LogP contribution is 2.10. The van der Waals surface area contributed by atoms with Gasteiger partial charge >= 0.3 is 0 Å². The summed E-state index contributed by atoms with van der Waals surface area (Å²) in [5, 5.41) is 11.4. The van der Waals surface area contributed by atoms with E-state index < -0.39 is 0 Å². The average Bonchev–Trinajstić information content (AvgIpc) is 2.48. The van der Waals surface area contributed by atoms with E-state index in [-0.39, 0.29) is 6.61 Å². The summed E-state index contributed by atoms with van der Waals surface area (Å²) in [4.78, 5) is 4.09. The van der Waals surface area contributed by atoms with Gasteiger partial charge in [-0.3, -0.25) is 0 Å². The standard InChI is InChI=1S/C7H8ClNOS/c8-3-1-2-7-9-6(4-10)5-11-7/h1-2,5,10H,3-4H2. The number of alkyl halides is 1. The largest absolute Gasteiger partial charge is 0.390 e. The number of thiazole rings is 1. The minimum absolute atomic E-state index is 0.00517. The van der Waals surface area contributed by atoms with Gasteiger partial charge in [0.1, 0.15) is 5.01 Å². The van der Waals surface area contributed by atoms with Crippen molar-refractivity contribution in [3.05, 3.63) is 22.2 Å². The summed E-state index contributed by atoms with van der Waals surface area (Å²) in [5.74, 6) is 0.494. The third-order valence-electron chi connectivity index (χ3n) is 1.08. The Bertz CT molecular complexity index is 246. The first-order valence-electron chi connectivity index (χ1n) is 3.14. The zero-order valence-corrected chi connectivity index (χ0v) is 7.40. The van der Waals surface area contributed by atoms with Gasteiger partial charge in [-0.05, 0) is 6.08 Å². The molecule has 0 fully saturated rings. The Hall–Kier alpha value is -0.380. The minimum Gasteiger partial charge on any atom is -0.390 e. The molecule has 4 heteroatoms. The van der Waals surface area contributed by atoms with E-state index in [1.807, 2.05) is 17.5 Å². The summed E-state index contributed by atoms with van der Waals surface area (Å²) in [5.41, 5.74) is 0.712. The van der Waals surface area contributed by atoms with E-state index in [0.717, 1.165) is 5.01 Å². The Morgan fingerprint density at radius 2 is 2.55 bits per heavy atom. The molecule has 1 N–H and O–H groups in total. The minimum atomic E-state index is 0.00517. The lowest BCUT2D eigenvalue weighted by Crippen LogP contribution is -1.80. The summed E-state index contributed by atoms with van der Waals surface area (Å²) in [6.07, 6.45) is 3.67. The molecule has 1 aromatic heterocycles. The third-order valence-corrected chi connectivity index (χ3v) is 2.12. The number of aromatic nitrogens is 1. The normalized spacial score (nSPS) is 11.1. The summed E-state index contributed by atoms with van der Waals surface area (Å²) >= 11 is 6.93. The molecule has 0 amide bonds. The quantitative estimate of drug-likeness (QED) is 0.737. The first kappa shape index (κ1) is 8.71. The van der Waals surface area contributed by atoms with Crippen molar-refractivity contribution >= 4 is 29.0 Å². The van der Waals surface area contributed by atoms with Crippen molar-refractivity contribution in [2.24, 2.45) is 0 Å². The van der Waals surface area contributed by atoms with Crippen LogP contribution in [0.15, 0.2) is 11.5 Å². The van der Waals surface area contributed by atoms with Crippen molar-refractivity contribution < 1.29 is 5.11 Å². The molecule has 0 spiro atoms. The highest BCUT2D eigenvalue weighted by Gasteiger charge is 1.95. The number of rotatable bonds is 3. The molecule has 0 radical (unpaired) electrons. The van der Waals surface area contributed by atoms with Crippen molar-refractivity contribution in [3.8, 4) is 0 Å². The molecule has 0 unspecified atom stereocenters.